The SMILES string of the molecule is CC(C)CC(=O)Nc1cncc(-c2cnc3[nH]nc(-c4nc5c(-c6ccncc6)cccc5[nH]4)c3c2)c1. The average molecular weight is 489 g/mol. The van der Waals surface area contributed by atoms with Gasteiger partial charge < -0.3 is 10.3 Å². The Morgan fingerprint density at radius 1 is 0.973 bits per heavy atom. The number of nitrogens with zero attached hydrogens (tertiary/aromatic N) is 5. The lowest BCUT2D eigenvalue weighted by atomic mass is 10.1. The molecule has 5 heterocycles. The van der Waals surface area contributed by atoms with Gasteiger partial charge in [-0.25, -0.2) is 9.97 Å². The molecule has 3 N–H and O–H groups in total. The van der Waals surface area contributed by atoms with Crippen LogP contribution in [0.25, 0.3) is 55.8 Å². The number of H-pyrrole nitrogens is 2. The van der Waals surface area contributed by atoms with E-state index in [0.717, 1.165) is 38.7 Å². The molecule has 0 fully saturated rings. The molecule has 0 aliphatic heterocycles. The van der Waals surface area contributed by atoms with Crippen LogP contribution in [0, 0.1) is 5.92 Å². The van der Waals surface area contributed by atoms with Gasteiger partial charge in [0.2, 0.25) is 5.91 Å². The van der Waals surface area contributed by atoms with E-state index in [2.05, 4.69) is 35.5 Å². The van der Waals surface area contributed by atoms with Crippen LogP contribution in [0.3, 0.4) is 0 Å². The number of fused-ring (bicyclic) bond motifs is 2. The van der Waals surface area contributed by atoms with Gasteiger partial charge in [-0.3, -0.25) is 19.9 Å². The minimum atomic E-state index is -0.0318. The molecule has 0 bridgehead atoms. The van der Waals surface area contributed by atoms with E-state index in [0.29, 0.717) is 29.3 Å². The average Bonchev–Trinajstić information content (AvgIpc) is 3.52. The third kappa shape index (κ3) is 4.42. The van der Waals surface area contributed by atoms with E-state index in [1.807, 2.05) is 56.3 Å². The van der Waals surface area contributed by atoms with Gasteiger partial charge >= 0.3 is 0 Å². The Bertz CT molecular complexity index is 1740. The molecular weight excluding hydrogens is 464 g/mol. The molecule has 9 heteroatoms. The van der Waals surface area contributed by atoms with Crippen molar-refractivity contribution >= 4 is 33.7 Å². The lowest BCUT2D eigenvalue weighted by Gasteiger charge is -2.08. The Balaban J connectivity index is 1.38. The van der Waals surface area contributed by atoms with Crippen LogP contribution < -0.4 is 5.32 Å². The maximum atomic E-state index is 12.2. The van der Waals surface area contributed by atoms with E-state index >= 15 is 0 Å². The summed E-state index contributed by atoms with van der Waals surface area (Å²) in [6.45, 7) is 4.03. The number of pyridine rings is 3. The second kappa shape index (κ2) is 9.27. The molecule has 0 unspecified atom stereocenters. The first-order valence-electron chi connectivity index (χ1n) is 12.0. The first-order chi connectivity index (χ1) is 18.0. The quantitative estimate of drug-likeness (QED) is 0.280. The Hall–Kier alpha value is -4.92. The van der Waals surface area contributed by atoms with Crippen molar-refractivity contribution < 1.29 is 4.79 Å². The Kier molecular flexibility index (Phi) is 5.65. The molecule has 0 atom stereocenters. The lowest BCUT2D eigenvalue weighted by molar-refractivity contribution is -0.116. The molecule has 0 radical (unpaired) electrons. The van der Waals surface area contributed by atoms with Crippen LogP contribution in [0.1, 0.15) is 20.3 Å². The number of para-hydroxylation sites is 1. The van der Waals surface area contributed by atoms with E-state index in [1.165, 1.54) is 0 Å². The highest BCUT2D eigenvalue weighted by Crippen LogP contribution is 2.32. The van der Waals surface area contributed by atoms with Gasteiger partial charge in [-0.15, -0.1) is 0 Å². The highest BCUT2D eigenvalue weighted by molar-refractivity contribution is 5.97. The topological polar surface area (TPSA) is 125 Å². The summed E-state index contributed by atoms with van der Waals surface area (Å²) in [6, 6.07) is 13.9. The fraction of sp³-hybridized carbons (Fsp3) is 0.143. The molecule has 9 nitrogen and oxygen atoms in total. The molecule has 1 amide bonds. The second-order valence-electron chi connectivity index (χ2n) is 9.32. The monoisotopic (exact) mass is 488 g/mol. The molecule has 6 rings (SSSR count). The summed E-state index contributed by atoms with van der Waals surface area (Å²) in [5, 5.41) is 11.3. The zero-order chi connectivity index (χ0) is 25.4. The summed E-state index contributed by atoms with van der Waals surface area (Å²) in [5.74, 6) is 0.895. The standard InChI is InChI=1S/C28H24N8O/c1-16(2)10-24(37)32-20-11-18(13-30-15-20)19-12-22-26(35-36-27(22)31-14-19)28-33-23-5-3-4-21(25(23)34-28)17-6-8-29-9-7-17/h3-9,11-16H,10H2,1-2H3,(H,32,37)(H,33,34)(H,31,35,36). The van der Waals surface area contributed by atoms with Gasteiger partial charge in [-0.05, 0) is 41.8 Å². The summed E-state index contributed by atoms with van der Waals surface area (Å²) in [5.41, 5.74) is 7.52. The number of anilines is 1. The molecular formula is C28H24N8O. The maximum absolute atomic E-state index is 12.2. The van der Waals surface area contributed by atoms with Crippen molar-refractivity contribution in [2.45, 2.75) is 20.3 Å². The number of hydrogen-bond donors (Lipinski definition) is 3. The fourth-order valence-corrected chi connectivity index (χ4v) is 4.40. The number of imidazole rings is 1. The van der Waals surface area contributed by atoms with Crippen molar-refractivity contribution in [1.82, 2.24) is 35.1 Å². The normalized spacial score (nSPS) is 11.4. The van der Waals surface area contributed by atoms with Gasteiger partial charge in [0.05, 0.1) is 28.3 Å². The fourth-order valence-electron chi connectivity index (χ4n) is 4.40. The van der Waals surface area contributed by atoms with E-state index in [1.54, 1.807) is 31.0 Å². The molecule has 37 heavy (non-hydrogen) atoms. The molecule has 0 aliphatic carbocycles. The third-order valence-corrected chi connectivity index (χ3v) is 6.09. The van der Waals surface area contributed by atoms with Gasteiger partial charge in [0.25, 0.3) is 0 Å². The van der Waals surface area contributed by atoms with Crippen molar-refractivity contribution in [3.05, 3.63) is 73.4 Å². The number of nitrogens with one attached hydrogen (secondary N) is 3. The predicted molar refractivity (Wildman–Crippen MR) is 144 cm³/mol. The molecule has 182 valence electrons. The first-order valence-corrected chi connectivity index (χ1v) is 12.0. The van der Waals surface area contributed by atoms with E-state index in [9.17, 15) is 4.79 Å². The lowest BCUT2D eigenvalue weighted by Crippen LogP contribution is -2.13. The summed E-state index contributed by atoms with van der Waals surface area (Å²) < 4.78 is 0. The van der Waals surface area contributed by atoms with Crippen molar-refractivity contribution in [3.8, 4) is 33.8 Å². The molecule has 0 aliphatic rings. The number of benzene rings is 1. The summed E-state index contributed by atoms with van der Waals surface area (Å²) in [6.07, 6.45) is 9.16. The highest BCUT2D eigenvalue weighted by Gasteiger charge is 2.17. The Morgan fingerprint density at radius 3 is 2.65 bits per heavy atom. The van der Waals surface area contributed by atoms with Gasteiger partial charge in [-0.1, -0.05) is 26.0 Å². The van der Waals surface area contributed by atoms with Gasteiger partial charge in [0, 0.05) is 47.9 Å². The van der Waals surface area contributed by atoms with Crippen molar-refractivity contribution in [3.63, 3.8) is 0 Å². The van der Waals surface area contributed by atoms with Gasteiger partial charge in [0.15, 0.2) is 11.5 Å². The molecule has 0 saturated carbocycles. The summed E-state index contributed by atoms with van der Waals surface area (Å²) in [7, 11) is 0. The molecule has 0 saturated heterocycles. The van der Waals surface area contributed by atoms with Crippen LogP contribution >= 0.6 is 0 Å². The summed E-state index contributed by atoms with van der Waals surface area (Å²) >= 11 is 0. The minimum absolute atomic E-state index is 0.0318. The maximum Gasteiger partial charge on any atom is 0.224 e. The highest BCUT2D eigenvalue weighted by atomic mass is 16.1. The number of amides is 1. The number of carbonyl (C=O) groups excluding carboxylic acids is 1. The third-order valence-electron chi connectivity index (χ3n) is 6.09. The van der Waals surface area contributed by atoms with Crippen molar-refractivity contribution in [2.24, 2.45) is 5.92 Å². The minimum Gasteiger partial charge on any atom is -0.337 e. The largest absolute Gasteiger partial charge is 0.337 e. The predicted octanol–water partition coefficient (Wildman–Crippen LogP) is 5.61. The van der Waals surface area contributed by atoms with Crippen LogP contribution in [0.2, 0.25) is 0 Å². The zero-order valence-corrected chi connectivity index (χ0v) is 20.4. The van der Waals surface area contributed by atoms with Crippen LogP contribution in [-0.2, 0) is 4.79 Å². The Labute approximate surface area is 212 Å². The number of rotatable bonds is 6. The van der Waals surface area contributed by atoms with Crippen LogP contribution in [-0.4, -0.2) is 41.0 Å². The molecule has 6 aromatic rings. The second-order valence-corrected chi connectivity index (χ2v) is 9.32. The number of aromatic nitrogens is 7. The van der Waals surface area contributed by atoms with Crippen molar-refractivity contribution in [2.75, 3.05) is 5.32 Å². The summed E-state index contributed by atoms with van der Waals surface area (Å²) in [4.78, 5) is 33.6. The Morgan fingerprint density at radius 2 is 1.81 bits per heavy atom. The van der Waals surface area contributed by atoms with Gasteiger partial charge in [-0.2, -0.15) is 5.10 Å². The molecule has 5 aromatic heterocycles. The van der Waals surface area contributed by atoms with Crippen LogP contribution in [0.5, 0.6) is 0 Å². The number of carbonyl (C=O) groups is 1. The molecule has 0 spiro atoms. The smallest absolute Gasteiger partial charge is 0.224 e. The van der Waals surface area contributed by atoms with Crippen molar-refractivity contribution in [1.29, 1.82) is 0 Å². The molecule has 1 aromatic carbocycles. The van der Waals surface area contributed by atoms with E-state index in [4.69, 9.17) is 4.98 Å². The number of aromatic amines is 2. The van der Waals surface area contributed by atoms with E-state index in [-0.39, 0.29) is 11.8 Å². The first kappa shape index (κ1) is 22.5. The van der Waals surface area contributed by atoms with Crippen LogP contribution in [0.15, 0.2) is 73.4 Å². The van der Waals surface area contributed by atoms with Crippen LogP contribution in [0.4, 0.5) is 5.69 Å². The van der Waals surface area contributed by atoms with E-state index < -0.39 is 0 Å². The number of hydrogen-bond acceptors (Lipinski definition) is 6. The van der Waals surface area contributed by atoms with Gasteiger partial charge in [0.1, 0.15) is 5.69 Å². The zero-order valence-electron chi connectivity index (χ0n) is 20.4.